The molecule has 3 N–H and O–H groups in total. The first kappa shape index (κ1) is 83.9. The number of alkyl halides is 4. The lowest BCUT2D eigenvalue weighted by molar-refractivity contribution is -0.182. The van der Waals surface area contributed by atoms with Crippen molar-refractivity contribution in [3.8, 4) is 0 Å². The zero-order valence-electron chi connectivity index (χ0n) is 63.7. The summed E-state index contributed by atoms with van der Waals surface area (Å²) in [5.41, 5.74) is -1.58. The monoisotopic (exact) mass is 1480 g/mol. The Labute approximate surface area is 613 Å². The molecule has 7 fully saturated rings. The van der Waals surface area contributed by atoms with Gasteiger partial charge in [0.1, 0.15) is 59.9 Å². The van der Waals surface area contributed by atoms with E-state index < -0.39 is 173 Å². The number of carbonyl (C=O) groups excluding carboxylic acids is 12. The third-order valence-corrected chi connectivity index (χ3v) is 24.6. The van der Waals surface area contributed by atoms with Gasteiger partial charge in [-0.2, -0.15) is 13.2 Å². The highest BCUT2D eigenvalue weighted by atomic mass is 35.5. The molecule has 0 radical (unpaired) electrons. The second-order valence-corrected chi connectivity index (χ2v) is 32.1. The SMILES string of the molecule is CC[C@H](C)[C@@H]1NC(=O)[C@H](CC(C)C)N(C)C(=O)C[C@@H](C(=O)N2CCOCC2)N(C)C(=O)[C@H]([C@@H](C)CC)N(C)C(=O)C2(CCCC2)NC(=O)[C@@H]2CCCN2C(=O)[C@H](CCC2CCC(C(F)(F)F)C(Cl)C2)NC(=O)CN(C)C(=O)[C@H](CC2CCC(C)CC2)N(CC)C(=O)[C@@H]2CCN2C(=O)[C@H](C)N(C)C1=O. The Morgan fingerprint density at radius 3 is 1.83 bits per heavy atom. The lowest BCUT2D eigenvalue weighted by atomic mass is 9.78. The van der Waals surface area contributed by atoms with Crippen LogP contribution in [0.15, 0.2) is 0 Å². The Hall–Kier alpha value is -6.32. The molecule has 0 aromatic carbocycles. The van der Waals surface area contributed by atoms with E-state index in [0.717, 1.165) is 25.7 Å². The van der Waals surface area contributed by atoms with E-state index >= 15 is 33.6 Å². The Kier molecular flexibility index (Phi) is 30.0. The quantitative estimate of drug-likeness (QED) is 0.180. The van der Waals surface area contributed by atoms with Crippen LogP contribution in [0.5, 0.6) is 0 Å². The number of nitrogens with zero attached hydrogens (tertiary/aromatic N) is 9. The number of ether oxygens (including phenoxy) is 1. The first-order chi connectivity index (χ1) is 48.5. The van der Waals surface area contributed by atoms with Gasteiger partial charge in [0.25, 0.3) is 0 Å². The number of carbonyl (C=O) groups is 12. The van der Waals surface area contributed by atoms with Crippen LogP contribution in [0.4, 0.5) is 13.2 Å². The van der Waals surface area contributed by atoms with Crippen molar-refractivity contribution >= 4 is 82.5 Å². The van der Waals surface area contributed by atoms with E-state index in [9.17, 15) is 37.1 Å². The summed E-state index contributed by atoms with van der Waals surface area (Å²) < 4.78 is 47.8. The highest BCUT2D eigenvalue weighted by Gasteiger charge is 2.53. The van der Waals surface area contributed by atoms with Gasteiger partial charge in [-0.05, 0) is 126 Å². The Morgan fingerprint density at radius 2 is 1.25 bits per heavy atom. The highest BCUT2D eigenvalue weighted by Crippen LogP contribution is 2.44. The number of amides is 12. The van der Waals surface area contributed by atoms with Gasteiger partial charge in [-0.15, -0.1) is 11.6 Å². The molecule has 3 saturated carbocycles. The first-order valence-electron chi connectivity index (χ1n) is 38.2. The van der Waals surface area contributed by atoms with Crippen LogP contribution in [0.25, 0.3) is 0 Å². The van der Waals surface area contributed by atoms with Crippen LogP contribution in [0, 0.1) is 41.4 Å². The molecule has 29 heteroatoms. The summed E-state index contributed by atoms with van der Waals surface area (Å²) in [6.07, 6.45) is 1.50. The van der Waals surface area contributed by atoms with Crippen LogP contribution >= 0.6 is 11.6 Å². The van der Waals surface area contributed by atoms with Crippen molar-refractivity contribution in [1.29, 1.82) is 0 Å². The lowest BCUT2D eigenvalue weighted by Crippen LogP contribution is -2.65. The maximum atomic E-state index is 15.6. The molecule has 25 nitrogen and oxygen atoms in total. The van der Waals surface area contributed by atoms with Gasteiger partial charge in [-0.25, -0.2) is 0 Å². The molecular formula is C74H120ClF3N12O13. The fourth-order valence-electron chi connectivity index (χ4n) is 16.7. The lowest BCUT2D eigenvalue weighted by Gasteiger charge is -2.46. The van der Waals surface area contributed by atoms with Crippen molar-refractivity contribution in [2.75, 3.05) is 87.7 Å². The van der Waals surface area contributed by atoms with Gasteiger partial charge >= 0.3 is 6.18 Å². The van der Waals surface area contributed by atoms with Crippen molar-refractivity contribution < 1.29 is 75.4 Å². The summed E-state index contributed by atoms with van der Waals surface area (Å²) in [5, 5.41) is 7.64. The van der Waals surface area contributed by atoms with Crippen molar-refractivity contribution in [2.24, 2.45) is 41.4 Å². The van der Waals surface area contributed by atoms with Crippen LogP contribution in [0.2, 0.25) is 0 Å². The van der Waals surface area contributed by atoms with E-state index in [2.05, 4.69) is 22.9 Å². The standard InChI is InChI=1S/C74H120ClF3N12O13/c1-15-46(7)61-70(100)83(11)48(9)65(95)90-34-30-55(90)69(99)88(17-3)58(41-50-24-22-45(6)23-25-50)67(97)82(10)43-59(91)79-53(29-27-49-26-28-51(52(75)40-49)74(76,77)78)66(96)89-33-20-21-54(89)64(94)81-73(31-18-19-32-73)72(102)86(14)62(47(8)16-2)71(101)85(13)57(68(98)87-35-37-103-38-36-87)42-60(92)84(12)56(39-44(4)5)63(93)80-61/h44-58,61-62H,15-43H2,1-14H3,(H,79,91)(H,80,93)(H,81,94)/t45?,46-,47-,48-,49?,50?,51?,52?,53-,54-,55-,56-,57-,58-,61-,62-/m0/s1. The fraction of sp³-hybridized carbons (Fsp3) is 0.838. The van der Waals surface area contributed by atoms with E-state index in [1.807, 2.05) is 27.7 Å². The molecule has 4 aliphatic heterocycles. The molecule has 4 saturated heterocycles. The number of hydrogen-bond donors (Lipinski definition) is 3. The number of hydrogen-bond acceptors (Lipinski definition) is 13. The summed E-state index contributed by atoms with van der Waals surface area (Å²) in [5.74, 6) is -10.4. The average Bonchev–Trinajstić information content (AvgIpc) is 1.73. The summed E-state index contributed by atoms with van der Waals surface area (Å²) in [4.78, 5) is 193. The van der Waals surface area contributed by atoms with Crippen LogP contribution in [-0.2, 0) is 62.3 Å². The van der Waals surface area contributed by atoms with Gasteiger partial charge in [-0.1, -0.05) is 99.8 Å². The van der Waals surface area contributed by atoms with Crippen molar-refractivity contribution in [3.63, 3.8) is 0 Å². The summed E-state index contributed by atoms with van der Waals surface area (Å²) in [7, 11) is 7.17. The smallest absolute Gasteiger partial charge is 0.378 e. The molecule has 0 aromatic rings. The number of nitrogens with one attached hydrogen (secondary N) is 3. The molecule has 4 heterocycles. The normalized spacial score (nSPS) is 32.0. The topological polar surface area (TPSA) is 279 Å². The van der Waals surface area contributed by atoms with Gasteiger partial charge in [0, 0.05) is 73.3 Å². The largest absolute Gasteiger partial charge is 0.393 e. The average molecular weight is 1480 g/mol. The zero-order chi connectivity index (χ0) is 76.3. The molecule has 14 atom stereocenters. The molecule has 0 bridgehead atoms. The van der Waals surface area contributed by atoms with Gasteiger partial charge in [0.15, 0.2) is 0 Å². The number of rotatable bonds is 13. The third kappa shape index (κ3) is 20.0. The van der Waals surface area contributed by atoms with Crippen LogP contribution in [-0.4, -0.2) is 274 Å². The van der Waals surface area contributed by atoms with Crippen molar-refractivity contribution in [2.45, 2.75) is 269 Å². The molecule has 7 rings (SSSR count). The predicted octanol–water partition coefficient (Wildman–Crippen LogP) is 5.96. The van der Waals surface area contributed by atoms with Gasteiger partial charge in [0.2, 0.25) is 70.9 Å². The van der Waals surface area contributed by atoms with Gasteiger partial charge < -0.3 is 64.8 Å². The Morgan fingerprint density at radius 1 is 0.631 bits per heavy atom. The highest BCUT2D eigenvalue weighted by molar-refractivity contribution is 6.21. The molecule has 0 aromatic heterocycles. The second-order valence-electron chi connectivity index (χ2n) is 31.5. The van der Waals surface area contributed by atoms with Crippen LogP contribution in [0.3, 0.4) is 0 Å². The molecule has 3 aliphatic carbocycles. The summed E-state index contributed by atoms with van der Waals surface area (Å²) >= 11 is 6.43. The van der Waals surface area contributed by atoms with E-state index in [-0.39, 0.29) is 134 Å². The minimum Gasteiger partial charge on any atom is -0.378 e. The molecule has 7 aliphatic rings. The molecule has 582 valence electrons. The molecule has 3 unspecified atom stereocenters. The second kappa shape index (κ2) is 36.8. The maximum absolute atomic E-state index is 15.6. The molecular weight excluding hydrogens is 1360 g/mol. The first-order valence-corrected chi connectivity index (χ1v) is 38.7. The molecule has 103 heavy (non-hydrogen) atoms. The number of halogens is 4. The van der Waals surface area contributed by atoms with E-state index in [4.69, 9.17) is 16.3 Å². The van der Waals surface area contributed by atoms with E-state index in [1.165, 1.54) is 86.3 Å². The van der Waals surface area contributed by atoms with E-state index in [0.29, 0.717) is 38.0 Å². The predicted molar refractivity (Wildman–Crippen MR) is 381 cm³/mol. The molecule has 12 amide bonds. The minimum absolute atomic E-state index is 0.00354. The zero-order valence-corrected chi connectivity index (χ0v) is 64.4. The van der Waals surface area contributed by atoms with Gasteiger partial charge in [-0.3, -0.25) is 57.5 Å². The summed E-state index contributed by atoms with van der Waals surface area (Å²) in [6, 6.07) is -11.0. The molecule has 1 spiro atoms. The Balaban J connectivity index is 1.29. The van der Waals surface area contributed by atoms with Crippen LogP contribution in [0.1, 0.15) is 197 Å². The third-order valence-electron chi connectivity index (χ3n) is 24.1. The summed E-state index contributed by atoms with van der Waals surface area (Å²) in [6.45, 7) is 16.8. The van der Waals surface area contributed by atoms with E-state index in [1.54, 1.807) is 20.8 Å². The van der Waals surface area contributed by atoms with Crippen LogP contribution < -0.4 is 16.0 Å². The number of morpholine rings is 1. The fourth-order valence-corrected chi connectivity index (χ4v) is 17.2. The number of fused-ring (bicyclic) bond motifs is 2. The van der Waals surface area contributed by atoms with Gasteiger partial charge in [0.05, 0.1) is 32.1 Å². The minimum atomic E-state index is -4.51. The Bertz CT molecular complexity index is 3020. The number of likely N-dealkylation sites (N-methyl/N-ethyl adjacent to an activating group) is 6. The maximum Gasteiger partial charge on any atom is 0.393 e. The van der Waals surface area contributed by atoms with Crippen molar-refractivity contribution in [1.82, 2.24) is 60.0 Å². The van der Waals surface area contributed by atoms with Crippen molar-refractivity contribution in [3.05, 3.63) is 0 Å².